The summed E-state index contributed by atoms with van der Waals surface area (Å²) >= 11 is 0. The first-order valence-corrected chi connectivity index (χ1v) is 6.88. The van der Waals surface area contributed by atoms with Gasteiger partial charge in [-0.1, -0.05) is 0 Å². The van der Waals surface area contributed by atoms with Gasteiger partial charge in [0.05, 0.1) is 5.41 Å². The number of rotatable bonds is 1. The second-order valence-corrected chi connectivity index (χ2v) is 5.86. The van der Waals surface area contributed by atoms with Gasteiger partial charge >= 0.3 is 0 Å². The third-order valence-electron chi connectivity index (χ3n) is 4.56. The van der Waals surface area contributed by atoms with Crippen molar-refractivity contribution in [1.82, 2.24) is 4.90 Å². The first-order valence-electron chi connectivity index (χ1n) is 6.88. The highest BCUT2D eigenvalue weighted by molar-refractivity contribution is 6.06. The maximum atomic E-state index is 13.5. The van der Waals surface area contributed by atoms with Crippen molar-refractivity contribution in [3.8, 4) is 0 Å². The number of carbonyl (C=O) groups excluding carboxylic acids is 1. The Hall–Kier alpha value is -1.42. The zero-order valence-electron chi connectivity index (χ0n) is 11.4. The SMILES string of the molecule is CC(C)N1CCC2(CC1)C(=O)Nc1ccc(F)cc12. The standard InChI is InChI=1S/C15H19FN2O/c1-10(2)18-7-5-15(6-8-18)12-9-11(16)3-4-13(12)17-14(15)19/h3-4,9-10H,5-8H2,1-2H3,(H,17,19). The highest BCUT2D eigenvalue weighted by Crippen LogP contribution is 2.45. The molecule has 0 aliphatic carbocycles. The molecule has 0 unspecified atom stereocenters. The summed E-state index contributed by atoms with van der Waals surface area (Å²) in [6.45, 7) is 6.11. The van der Waals surface area contributed by atoms with E-state index >= 15 is 0 Å². The molecule has 2 aliphatic heterocycles. The predicted molar refractivity (Wildman–Crippen MR) is 72.7 cm³/mol. The van der Waals surface area contributed by atoms with Crippen molar-refractivity contribution >= 4 is 11.6 Å². The maximum absolute atomic E-state index is 13.5. The van der Waals surface area contributed by atoms with Crippen LogP contribution in [0.1, 0.15) is 32.3 Å². The molecule has 102 valence electrons. The largest absolute Gasteiger partial charge is 0.325 e. The summed E-state index contributed by atoms with van der Waals surface area (Å²) in [6.07, 6.45) is 1.54. The van der Waals surface area contributed by atoms with Gasteiger partial charge in [0, 0.05) is 11.7 Å². The van der Waals surface area contributed by atoms with Gasteiger partial charge in [0.15, 0.2) is 0 Å². The van der Waals surface area contributed by atoms with Crippen molar-refractivity contribution in [2.45, 2.75) is 38.1 Å². The number of amides is 1. The normalized spacial score (nSPS) is 21.8. The molecule has 0 aromatic heterocycles. The lowest BCUT2D eigenvalue weighted by atomic mass is 9.73. The summed E-state index contributed by atoms with van der Waals surface area (Å²) in [5.41, 5.74) is 1.12. The Morgan fingerprint density at radius 3 is 2.63 bits per heavy atom. The minimum Gasteiger partial charge on any atom is -0.325 e. The Kier molecular flexibility index (Phi) is 2.86. The van der Waals surface area contributed by atoms with Crippen molar-refractivity contribution in [1.29, 1.82) is 0 Å². The van der Waals surface area contributed by atoms with Crippen LogP contribution in [0.2, 0.25) is 0 Å². The van der Waals surface area contributed by atoms with Crippen LogP contribution in [0.25, 0.3) is 0 Å². The second-order valence-electron chi connectivity index (χ2n) is 5.86. The van der Waals surface area contributed by atoms with Crippen molar-refractivity contribution in [3.63, 3.8) is 0 Å². The van der Waals surface area contributed by atoms with Crippen LogP contribution >= 0.6 is 0 Å². The van der Waals surface area contributed by atoms with Crippen molar-refractivity contribution < 1.29 is 9.18 Å². The van der Waals surface area contributed by atoms with Crippen LogP contribution in [0.3, 0.4) is 0 Å². The molecule has 2 aliphatic rings. The molecule has 1 saturated heterocycles. The molecule has 1 spiro atoms. The molecule has 19 heavy (non-hydrogen) atoms. The molecular weight excluding hydrogens is 243 g/mol. The summed E-state index contributed by atoms with van der Waals surface area (Å²) in [5, 5.41) is 2.91. The molecule has 3 rings (SSSR count). The Morgan fingerprint density at radius 2 is 2.00 bits per heavy atom. The van der Waals surface area contributed by atoms with E-state index < -0.39 is 5.41 Å². The fourth-order valence-electron chi connectivity index (χ4n) is 3.30. The highest BCUT2D eigenvalue weighted by Gasteiger charge is 2.48. The fourth-order valence-corrected chi connectivity index (χ4v) is 3.30. The third kappa shape index (κ3) is 1.86. The lowest BCUT2D eigenvalue weighted by molar-refractivity contribution is -0.122. The molecule has 0 radical (unpaired) electrons. The Bertz CT molecular complexity index is 519. The molecule has 1 aromatic carbocycles. The molecule has 1 fully saturated rings. The molecule has 3 nitrogen and oxygen atoms in total. The Labute approximate surface area is 112 Å². The number of halogens is 1. The summed E-state index contributed by atoms with van der Waals surface area (Å²) in [6, 6.07) is 5.10. The van der Waals surface area contributed by atoms with E-state index in [2.05, 4.69) is 24.1 Å². The number of anilines is 1. The van der Waals surface area contributed by atoms with E-state index in [4.69, 9.17) is 0 Å². The first-order chi connectivity index (χ1) is 9.03. The number of hydrogen-bond acceptors (Lipinski definition) is 2. The summed E-state index contributed by atoms with van der Waals surface area (Å²) in [7, 11) is 0. The molecule has 1 N–H and O–H groups in total. The second kappa shape index (κ2) is 4.30. The topological polar surface area (TPSA) is 32.3 Å². The highest BCUT2D eigenvalue weighted by atomic mass is 19.1. The number of piperidine rings is 1. The van der Waals surface area contributed by atoms with E-state index in [9.17, 15) is 9.18 Å². The van der Waals surface area contributed by atoms with Crippen LogP contribution in [0.5, 0.6) is 0 Å². The van der Waals surface area contributed by atoms with E-state index in [0.717, 1.165) is 37.2 Å². The van der Waals surface area contributed by atoms with Crippen LogP contribution < -0.4 is 5.32 Å². The minimum atomic E-state index is -0.511. The van der Waals surface area contributed by atoms with Gasteiger partial charge in [0.25, 0.3) is 0 Å². The van der Waals surface area contributed by atoms with E-state index in [1.807, 2.05) is 0 Å². The Morgan fingerprint density at radius 1 is 1.32 bits per heavy atom. The number of fused-ring (bicyclic) bond motifs is 2. The van der Waals surface area contributed by atoms with Gasteiger partial charge in [-0.25, -0.2) is 4.39 Å². The van der Waals surface area contributed by atoms with Gasteiger partial charge in [-0.15, -0.1) is 0 Å². The smallest absolute Gasteiger partial charge is 0.235 e. The fraction of sp³-hybridized carbons (Fsp3) is 0.533. The van der Waals surface area contributed by atoms with Crippen LogP contribution in [0.15, 0.2) is 18.2 Å². The lowest BCUT2D eigenvalue weighted by Gasteiger charge is -2.39. The van der Waals surface area contributed by atoms with Gasteiger partial charge < -0.3 is 10.2 Å². The van der Waals surface area contributed by atoms with Crippen molar-refractivity contribution in [3.05, 3.63) is 29.6 Å². The van der Waals surface area contributed by atoms with Crippen molar-refractivity contribution in [2.75, 3.05) is 18.4 Å². The number of likely N-dealkylation sites (tertiary alicyclic amines) is 1. The summed E-state index contributed by atoms with van der Waals surface area (Å²) < 4.78 is 13.5. The molecule has 4 heteroatoms. The van der Waals surface area contributed by atoms with Crippen LogP contribution in [0, 0.1) is 5.82 Å². The monoisotopic (exact) mass is 262 g/mol. The quantitative estimate of drug-likeness (QED) is 0.843. The zero-order chi connectivity index (χ0) is 13.6. The van der Waals surface area contributed by atoms with E-state index in [1.165, 1.54) is 12.1 Å². The molecule has 0 bridgehead atoms. The van der Waals surface area contributed by atoms with Crippen molar-refractivity contribution in [2.24, 2.45) is 0 Å². The van der Waals surface area contributed by atoms with E-state index in [0.29, 0.717) is 6.04 Å². The maximum Gasteiger partial charge on any atom is 0.235 e. The van der Waals surface area contributed by atoms with Crippen LogP contribution in [-0.2, 0) is 10.2 Å². The van der Waals surface area contributed by atoms with Gasteiger partial charge in [0.2, 0.25) is 5.91 Å². The summed E-state index contributed by atoms with van der Waals surface area (Å²) in [4.78, 5) is 14.7. The van der Waals surface area contributed by atoms with E-state index in [1.54, 1.807) is 6.07 Å². The van der Waals surface area contributed by atoms with Crippen LogP contribution in [-0.4, -0.2) is 29.9 Å². The third-order valence-corrected chi connectivity index (χ3v) is 4.56. The minimum absolute atomic E-state index is 0.0384. The number of nitrogens with zero attached hydrogens (tertiary/aromatic N) is 1. The molecule has 1 aromatic rings. The number of hydrogen-bond donors (Lipinski definition) is 1. The average Bonchev–Trinajstić information content (AvgIpc) is 2.64. The molecular formula is C15H19FN2O. The van der Waals surface area contributed by atoms with Crippen LogP contribution in [0.4, 0.5) is 10.1 Å². The number of carbonyl (C=O) groups is 1. The van der Waals surface area contributed by atoms with Gasteiger partial charge in [-0.2, -0.15) is 0 Å². The lowest BCUT2D eigenvalue weighted by Crippen LogP contribution is -2.48. The molecule has 1 amide bonds. The van der Waals surface area contributed by atoms with Gasteiger partial charge in [-0.05, 0) is 63.5 Å². The van der Waals surface area contributed by atoms with Gasteiger partial charge in [0.1, 0.15) is 5.82 Å². The number of nitrogens with one attached hydrogen (secondary N) is 1. The predicted octanol–water partition coefficient (Wildman–Crippen LogP) is 2.52. The summed E-state index contributed by atoms with van der Waals surface area (Å²) in [5.74, 6) is -0.225. The molecule has 0 atom stereocenters. The first kappa shape index (κ1) is 12.6. The Balaban J connectivity index is 1.94. The van der Waals surface area contributed by atoms with E-state index in [-0.39, 0.29) is 11.7 Å². The van der Waals surface area contributed by atoms with Gasteiger partial charge in [-0.3, -0.25) is 4.79 Å². The average molecular weight is 262 g/mol. The zero-order valence-corrected chi connectivity index (χ0v) is 11.4. The molecule has 2 heterocycles. The number of benzene rings is 1. The molecule has 0 saturated carbocycles.